The standard InChI is InChI=1S/C14H16O4/c1-18-12-6-4-9(5-7-12)13(15)10-2-3-11(8-10)14(16)17/h4-7,10-11H,2-3,8H2,1H3,(H,16,17)/t10-,11-/m1/s1. The second-order valence-electron chi connectivity index (χ2n) is 4.64. The Morgan fingerprint density at radius 2 is 1.78 bits per heavy atom. The summed E-state index contributed by atoms with van der Waals surface area (Å²) in [6.07, 6.45) is 1.73. The molecular formula is C14H16O4. The molecule has 0 aromatic heterocycles. The summed E-state index contributed by atoms with van der Waals surface area (Å²) in [4.78, 5) is 23.0. The third-order valence-electron chi connectivity index (χ3n) is 3.53. The molecule has 1 aliphatic carbocycles. The van der Waals surface area contributed by atoms with Gasteiger partial charge < -0.3 is 9.84 Å². The van der Waals surface area contributed by atoms with Gasteiger partial charge in [0.1, 0.15) is 5.75 Å². The van der Waals surface area contributed by atoms with Crippen LogP contribution in [0.1, 0.15) is 29.6 Å². The lowest BCUT2D eigenvalue weighted by atomic mass is 9.95. The average molecular weight is 248 g/mol. The van der Waals surface area contributed by atoms with Gasteiger partial charge >= 0.3 is 5.97 Å². The van der Waals surface area contributed by atoms with E-state index >= 15 is 0 Å². The normalized spacial score (nSPS) is 22.7. The fraction of sp³-hybridized carbons (Fsp3) is 0.429. The number of carbonyl (C=O) groups is 2. The van der Waals surface area contributed by atoms with Crippen LogP contribution in [-0.4, -0.2) is 24.0 Å². The van der Waals surface area contributed by atoms with Crippen molar-refractivity contribution >= 4 is 11.8 Å². The number of methoxy groups -OCH3 is 1. The number of hydrogen-bond donors (Lipinski definition) is 1. The number of benzene rings is 1. The Hall–Kier alpha value is -1.84. The molecule has 0 spiro atoms. The predicted octanol–water partition coefficient (Wildman–Crippen LogP) is 2.38. The van der Waals surface area contributed by atoms with Crippen LogP contribution in [0.4, 0.5) is 0 Å². The number of Topliss-reactive ketones (excluding diaryl/α,β-unsaturated/α-hetero) is 1. The first-order chi connectivity index (χ1) is 8.61. The number of carbonyl (C=O) groups excluding carboxylic acids is 1. The molecule has 4 heteroatoms. The lowest BCUT2D eigenvalue weighted by Gasteiger charge is -2.09. The van der Waals surface area contributed by atoms with Crippen LogP contribution in [-0.2, 0) is 4.79 Å². The molecule has 1 aliphatic rings. The molecule has 2 rings (SSSR count). The van der Waals surface area contributed by atoms with Crippen molar-refractivity contribution in [3.63, 3.8) is 0 Å². The third-order valence-corrected chi connectivity index (χ3v) is 3.53. The van der Waals surface area contributed by atoms with E-state index < -0.39 is 5.97 Å². The minimum absolute atomic E-state index is 0.0430. The number of carboxylic acids is 1. The molecular weight excluding hydrogens is 232 g/mol. The van der Waals surface area contributed by atoms with Crippen LogP contribution >= 0.6 is 0 Å². The number of rotatable bonds is 4. The van der Waals surface area contributed by atoms with Gasteiger partial charge in [0.25, 0.3) is 0 Å². The molecule has 1 fully saturated rings. The van der Waals surface area contributed by atoms with Crippen LogP contribution in [0.5, 0.6) is 5.75 Å². The summed E-state index contributed by atoms with van der Waals surface area (Å²) < 4.78 is 5.03. The average Bonchev–Trinajstić information content (AvgIpc) is 2.88. The van der Waals surface area contributed by atoms with Crippen molar-refractivity contribution in [3.05, 3.63) is 29.8 Å². The van der Waals surface area contributed by atoms with E-state index in [-0.39, 0.29) is 17.6 Å². The van der Waals surface area contributed by atoms with Gasteiger partial charge in [0, 0.05) is 11.5 Å². The molecule has 0 aliphatic heterocycles. The maximum absolute atomic E-state index is 12.2. The Labute approximate surface area is 106 Å². The second kappa shape index (κ2) is 5.21. The van der Waals surface area contributed by atoms with E-state index in [1.54, 1.807) is 31.4 Å². The fourth-order valence-corrected chi connectivity index (χ4v) is 2.43. The molecule has 0 heterocycles. The summed E-state index contributed by atoms with van der Waals surface area (Å²) in [6.45, 7) is 0. The van der Waals surface area contributed by atoms with Gasteiger partial charge in [0.15, 0.2) is 5.78 Å². The number of carboxylic acid groups (broad SMARTS) is 1. The zero-order valence-corrected chi connectivity index (χ0v) is 10.3. The molecule has 0 amide bonds. The monoisotopic (exact) mass is 248 g/mol. The van der Waals surface area contributed by atoms with Gasteiger partial charge in [-0.15, -0.1) is 0 Å². The Morgan fingerprint density at radius 3 is 2.28 bits per heavy atom. The van der Waals surface area contributed by atoms with Crippen molar-refractivity contribution in [2.24, 2.45) is 11.8 Å². The molecule has 18 heavy (non-hydrogen) atoms. The van der Waals surface area contributed by atoms with Crippen molar-refractivity contribution < 1.29 is 19.4 Å². The van der Waals surface area contributed by atoms with Crippen LogP contribution in [0.3, 0.4) is 0 Å². The first-order valence-electron chi connectivity index (χ1n) is 6.03. The number of ether oxygens (including phenoxy) is 1. The molecule has 4 nitrogen and oxygen atoms in total. The smallest absolute Gasteiger partial charge is 0.306 e. The molecule has 0 radical (unpaired) electrons. The van der Waals surface area contributed by atoms with Gasteiger partial charge in [-0.2, -0.15) is 0 Å². The van der Waals surface area contributed by atoms with Crippen molar-refractivity contribution in [1.82, 2.24) is 0 Å². The van der Waals surface area contributed by atoms with Crippen LogP contribution in [0.15, 0.2) is 24.3 Å². The number of hydrogen-bond acceptors (Lipinski definition) is 3. The van der Waals surface area contributed by atoms with Crippen molar-refractivity contribution in [2.75, 3.05) is 7.11 Å². The molecule has 1 aromatic carbocycles. The SMILES string of the molecule is COc1ccc(C(=O)[C@@H]2CC[C@@H](C(=O)O)C2)cc1. The Morgan fingerprint density at radius 1 is 1.17 bits per heavy atom. The summed E-state index contributed by atoms with van der Waals surface area (Å²) in [7, 11) is 1.57. The fourth-order valence-electron chi connectivity index (χ4n) is 2.43. The zero-order chi connectivity index (χ0) is 13.1. The maximum atomic E-state index is 12.2. The topological polar surface area (TPSA) is 63.6 Å². The van der Waals surface area contributed by atoms with E-state index in [1.807, 2.05) is 0 Å². The Balaban J connectivity index is 2.05. The molecule has 1 aromatic rings. The van der Waals surface area contributed by atoms with E-state index in [0.29, 0.717) is 30.6 Å². The van der Waals surface area contributed by atoms with Crippen LogP contribution in [0, 0.1) is 11.8 Å². The highest BCUT2D eigenvalue weighted by molar-refractivity contribution is 5.98. The minimum Gasteiger partial charge on any atom is -0.497 e. The lowest BCUT2D eigenvalue weighted by molar-refractivity contribution is -0.141. The first-order valence-corrected chi connectivity index (χ1v) is 6.03. The van der Waals surface area contributed by atoms with E-state index in [2.05, 4.69) is 0 Å². The van der Waals surface area contributed by atoms with E-state index in [4.69, 9.17) is 9.84 Å². The molecule has 0 bridgehead atoms. The van der Waals surface area contributed by atoms with E-state index in [1.165, 1.54) is 0 Å². The van der Waals surface area contributed by atoms with Gasteiger partial charge in [-0.3, -0.25) is 9.59 Å². The summed E-state index contributed by atoms with van der Waals surface area (Å²) in [5.41, 5.74) is 0.631. The largest absolute Gasteiger partial charge is 0.497 e. The predicted molar refractivity (Wildman–Crippen MR) is 65.8 cm³/mol. The summed E-state index contributed by atoms with van der Waals surface area (Å²) in [5, 5.41) is 8.92. The highest BCUT2D eigenvalue weighted by Gasteiger charge is 2.34. The molecule has 2 atom stereocenters. The number of aliphatic carboxylic acids is 1. The van der Waals surface area contributed by atoms with Gasteiger partial charge in [-0.1, -0.05) is 0 Å². The lowest BCUT2D eigenvalue weighted by Crippen LogP contribution is -2.14. The van der Waals surface area contributed by atoms with Crippen LogP contribution < -0.4 is 4.74 Å². The summed E-state index contributed by atoms with van der Waals surface area (Å²) in [6, 6.07) is 6.96. The quantitative estimate of drug-likeness (QED) is 0.831. The summed E-state index contributed by atoms with van der Waals surface area (Å²) >= 11 is 0. The minimum atomic E-state index is -0.792. The zero-order valence-electron chi connectivity index (χ0n) is 10.3. The molecule has 1 saturated carbocycles. The highest BCUT2D eigenvalue weighted by Crippen LogP contribution is 2.33. The molecule has 0 unspecified atom stereocenters. The summed E-state index contributed by atoms with van der Waals surface area (Å²) in [5.74, 6) is -0.556. The molecule has 0 saturated heterocycles. The van der Waals surface area contributed by atoms with Gasteiger partial charge in [-0.05, 0) is 43.5 Å². The maximum Gasteiger partial charge on any atom is 0.306 e. The van der Waals surface area contributed by atoms with E-state index in [9.17, 15) is 9.59 Å². The molecule has 1 N–H and O–H groups in total. The van der Waals surface area contributed by atoms with Gasteiger partial charge in [-0.25, -0.2) is 0 Å². The Kier molecular flexibility index (Phi) is 3.65. The molecule has 96 valence electrons. The van der Waals surface area contributed by atoms with Crippen molar-refractivity contribution in [2.45, 2.75) is 19.3 Å². The van der Waals surface area contributed by atoms with Gasteiger partial charge in [0.05, 0.1) is 13.0 Å². The van der Waals surface area contributed by atoms with E-state index in [0.717, 1.165) is 0 Å². The highest BCUT2D eigenvalue weighted by atomic mass is 16.5. The van der Waals surface area contributed by atoms with Crippen molar-refractivity contribution in [3.8, 4) is 5.75 Å². The Bertz CT molecular complexity index is 449. The van der Waals surface area contributed by atoms with Crippen molar-refractivity contribution in [1.29, 1.82) is 0 Å². The van der Waals surface area contributed by atoms with Gasteiger partial charge in [0.2, 0.25) is 0 Å². The van der Waals surface area contributed by atoms with Crippen LogP contribution in [0.25, 0.3) is 0 Å². The number of ketones is 1. The van der Waals surface area contributed by atoms with Crippen LogP contribution in [0.2, 0.25) is 0 Å². The second-order valence-corrected chi connectivity index (χ2v) is 4.64. The first kappa shape index (κ1) is 12.6. The third kappa shape index (κ3) is 2.53.